The fourth-order valence-corrected chi connectivity index (χ4v) is 3.65. The van der Waals surface area contributed by atoms with Crippen LogP contribution in [0.15, 0.2) is 31.5 Å². The molecule has 0 N–H and O–H groups in total. The van der Waals surface area contributed by atoms with Crippen molar-refractivity contribution in [3.63, 3.8) is 0 Å². The number of hydrogen-bond donors (Lipinski definition) is 0. The summed E-state index contributed by atoms with van der Waals surface area (Å²) in [5.41, 5.74) is 3.31. The summed E-state index contributed by atoms with van der Waals surface area (Å²) < 4.78 is 0. The van der Waals surface area contributed by atoms with E-state index in [-0.39, 0.29) is 0 Å². The van der Waals surface area contributed by atoms with Crippen molar-refractivity contribution < 1.29 is 0 Å². The Labute approximate surface area is 113 Å². The molecule has 2 heteroatoms. The maximum atomic E-state index is 4.55. The fourth-order valence-electron chi connectivity index (χ4n) is 2.06. The van der Waals surface area contributed by atoms with E-state index < -0.39 is 8.07 Å². The quantitative estimate of drug-likeness (QED) is 0.575. The number of pyridine rings is 1. The van der Waals surface area contributed by atoms with Gasteiger partial charge in [0.1, 0.15) is 0 Å². The molecular formula is C16H25NSi. The van der Waals surface area contributed by atoms with E-state index in [4.69, 9.17) is 0 Å². The van der Waals surface area contributed by atoms with Crippen LogP contribution in [0.3, 0.4) is 0 Å². The van der Waals surface area contributed by atoms with E-state index in [0.29, 0.717) is 5.92 Å². The molecule has 0 aliphatic rings. The molecule has 0 aliphatic heterocycles. The third kappa shape index (κ3) is 3.67. The molecule has 0 bridgehead atoms. The highest BCUT2D eigenvalue weighted by Gasteiger charge is 2.21. The van der Waals surface area contributed by atoms with Gasteiger partial charge in [-0.05, 0) is 34.7 Å². The van der Waals surface area contributed by atoms with Crippen LogP contribution in [0.1, 0.15) is 25.1 Å². The van der Waals surface area contributed by atoms with Crippen LogP contribution in [0.2, 0.25) is 19.6 Å². The van der Waals surface area contributed by atoms with Crippen molar-refractivity contribution in [1.29, 1.82) is 0 Å². The number of nitrogens with zero attached hydrogens (tertiary/aromatic N) is 1. The van der Waals surface area contributed by atoms with Gasteiger partial charge in [-0.2, -0.15) is 0 Å². The second kappa shape index (κ2) is 5.66. The molecule has 0 spiro atoms. The highest BCUT2D eigenvalue weighted by molar-refractivity contribution is 6.89. The van der Waals surface area contributed by atoms with Crippen LogP contribution < -0.4 is 5.19 Å². The lowest BCUT2D eigenvalue weighted by Gasteiger charge is -2.22. The van der Waals surface area contributed by atoms with Gasteiger partial charge in [0.25, 0.3) is 0 Å². The number of aromatic nitrogens is 1. The number of allylic oxidation sites excluding steroid dienone is 2. The van der Waals surface area contributed by atoms with E-state index in [0.717, 1.165) is 17.7 Å². The first-order valence-corrected chi connectivity index (χ1v) is 10.1. The van der Waals surface area contributed by atoms with E-state index in [9.17, 15) is 0 Å². The summed E-state index contributed by atoms with van der Waals surface area (Å²) in [7, 11) is -1.33. The summed E-state index contributed by atoms with van der Waals surface area (Å²) in [6, 6.07) is 2.21. The van der Waals surface area contributed by atoms with Gasteiger partial charge in [-0.1, -0.05) is 52.7 Å². The first-order valence-electron chi connectivity index (χ1n) is 6.56. The first-order chi connectivity index (χ1) is 8.25. The lowest BCUT2D eigenvalue weighted by atomic mass is 10.0. The molecule has 0 aromatic carbocycles. The maximum absolute atomic E-state index is 4.55. The van der Waals surface area contributed by atoms with Gasteiger partial charge in [-0.25, -0.2) is 0 Å². The molecule has 0 saturated carbocycles. The molecule has 0 unspecified atom stereocenters. The zero-order valence-electron chi connectivity index (χ0n) is 12.4. The average molecular weight is 259 g/mol. The zero-order chi connectivity index (χ0) is 13.9. The molecule has 1 aromatic rings. The SMILES string of the molecule is C=CC(=C)c1cc(CC(C)C)c([Si](C)(C)C)cn1. The van der Waals surface area contributed by atoms with Gasteiger partial charge in [-0.15, -0.1) is 0 Å². The van der Waals surface area contributed by atoms with Crippen molar-refractivity contribution in [1.82, 2.24) is 4.98 Å². The summed E-state index contributed by atoms with van der Waals surface area (Å²) >= 11 is 0. The Hall–Kier alpha value is -1.15. The molecule has 18 heavy (non-hydrogen) atoms. The Morgan fingerprint density at radius 3 is 2.44 bits per heavy atom. The van der Waals surface area contributed by atoms with E-state index in [2.05, 4.69) is 63.9 Å². The highest BCUT2D eigenvalue weighted by Crippen LogP contribution is 2.16. The Balaban J connectivity index is 3.29. The fraction of sp³-hybridized carbons (Fsp3) is 0.438. The lowest BCUT2D eigenvalue weighted by Crippen LogP contribution is -2.41. The molecule has 0 fully saturated rings. The molecular weight excluding hydrogens is 234 g/mol. The van der Waals surface area contributed by atoms with E-state index in [1.165, 1.54) is 10.8 Å². The molecule has 1 aromatic heterocycles. The second-order valence-corrected chi connectivity index (χ2v) is 11.3. The van der Waals surface area contributed by atoms with E-state index >= 15 is 0 Å². The van der Waals surface area contributed by atoms with Crippen molar-refractivity contribution in [2.45, 2.75) is 39.9 Å². The molecule has 1 rings (SSSR count). The molecule has 0 radical (unpaired) electrons. The molecule has 0 aliphatic carbocycles. The monoisotopic (exact) mass is 259 g/mol. The van der Waals surface area contributed by atoms with Crippen molar-refractivity contribution in [3.05, 3.63) is 42.8 Å². The predicted octanol–water partition coefficient (Wildman–Crippen LogP) is 4.02. The van der Waals surface area contributed by atoms with Crippen LogP contribution in [-0.2, 0) is 6.42 Å². The molecule has 1 nitrogen and oxygen atoms in total. The minimum absolute atomic E-state index is 0.660. The Kier molecular flexibility index (Phi) is 4.69. The van der Waals surface area contributed by atoms with Crippen LogP contribution in [-0.4, -0.2) is 13.1 Å². The number of hydrogen-bond acceptors (Lipinski definition) is 1. The molecule has 0 atom stereocenters. The van der Waals surface area contributed by atoms with Gasteiger partial charge in [0.05, 0.1) is 13.8 Å². The van der Waals surface area contributed by atoms with Gasteiger partial charge in [-0.3, -0.25) is 4.98 Å². The minimum atomic E-state index is -1.33. The molecule has 1 heterocycles. The van der Waals surface area contributed by atoms with Gasteiger partial charge >= 0.3 is 0 Å². The van der Waals surface area contributed by atoms with Gasteiger partial charge in [0.15, 0.2) is 0 Å². The third-order valence-corrected chi connectivity index (χ3v) is 5.07. The third-order valence-electron chi connectivity index (χ3n) is 3.00. The average Bonchev–Trinajstić information content (AvgIpc) is 2.25. The zero-order valence-corrected chi connectivity index (χ0v) is 13.4. The van der Waals surface area contributed by atoms with Crippen LogP contribution >= 0.6 is 0 Å². The van der Waals surface area contributed by atoms with E-state index in [1.54, 1.807) is 6.08 Å². The Morgan fingerprint density at radius 2 is 2.00 bits per heavy atom. The predicted molar refractivity (Wildman–Crippen MR) is 85.0 cm³/mol. The van der Waals surface area contributed by atoms with Crippen molar-refractivity contribution in [3.8, 4) is 0 Å². The normalized spacial score (nSPS) is 11.7. The lowest BCUT2D eigenvalue weighted by molar-refractivity contribution is 0.648. The summed E-state index contributed by atoms with van der Waals surface area (Å²) in [5, 5.41) is 1.47. The topological polar surface area (TPSA) is 12.9 Å². The first kappa shape index (κ1) is 14.9. The van der Waals surface area contributed by atoms with Crippen LogP contribution in [0.4, 0.5) is 0 Å². The van der Waals surface area contributed by atoms with E-state index in [1.807, 2.05) is 0 Å². The second-order valence-electron chi connectivity index (χ2n) is 6.30. The van der Waals surface area contributed by atoms with Crippen molar-refractivity contribution >= 4 is 18.8 Å². The Morgan fingerprint density at radius 1 is 1.39 bits per heavy atom. The number of rotatable bonds is 5. The smallest absolute Gasteiger partial charge is 0.0799 e. The summed E-state index contributed by atoms with van der Waals surface area (Å²) in [5.74, 6) is 0.660. The van der Waals surface area contributed by atoms with Gasteiger partial charge < -0.3 is 0 Å². The van der Waals surface area contributed by atoms with Gasteiger partial charge in [0, 0.05) is 6.20 Å². The van der Waals surface area contributed by atoms with Crippen molar-refractivity contribution in [2.24, 2.45) is 5.92 Å². The summed E-state index contributed by atoms with van der Waals surface area (Å²) in [6.45, 7) is 19.4. The highest BCUT2D eigenvalue weighted by atomic mass is 28.3. The Bertz CT molecular complexity index is 453. The molecule has 98 valence electrons. The van der Waals surface area contributed by atoms with Crippen molar-refractivity contribution in [2.75, 3.05) is 0 Å². The summed E-state index contributed by atoms with van der Waals surface area (Å²) in [6.07, 6.45) is 4.95. The standard InChI is InChI=1S/C16H25NSi/c1-8-13(4)15-10-14(9-12(2)3)16(11-17-15)18(5,6)7/h8,10-12H,1,4,9H2,2-3,5-7H3. The van der Waals surface area contributed by atoms with Crippen LogP contribution in [0.5, 0.6) is 0 Å². The maximum Gasteiger partial charge on any atom is 0.0799 e. The molecule has 0 amide bonds. The van der Waals surface area contributed by atoms with Crippen LogP contribution in [0.25, 0.3) is 5.57 Å². The van der Waals surface area contributed by atoms with Gasteiger partial charge in [0.2, 0.25) is 0 Å². The van der Waals surface area contributed by atoms with Crippen LogP contribution in [0, 0.1) is 5.92 Å². The summed E-state index contributed by atoms with van der Waals surface area (Å²) in [4.78, 5) is 4.55. The largest absolute Gasteiger partial charge is 0.256 e. The molecule has 0 saturated heterocycles. The minimum Gasteiger partial charge on any atom is -0.256 e.